The van der Waals surface area contributed by atoms with Crippen molar-refractivity contribution in [3.63, 3.8) is 0 Å². The lowest BCUT2D eigenvalue weighted by Crippen LogP contribution is -2.42. The maximum absolute atomic E-state index is 5.50. The van der Waals surface area contributed by atoms with Crippen LogP contribution in [0.5, 0.6) is 5.75 Å². The summed E-state index contributed by atoms with van der Waals surface area (Å²) in [5.41, 5.74) is 1.17. The molecule has 0 aliphatic heterocycles. The number of guanidine groups is 1. The lowest BCUT2D eigenvalue weighted by atomic mass is 10.0. The van der Waals surface area contributed by atoms with E-state index in [1.807, 2.05) is 25.2 Å². The summed E-state index contributed by atoms with van der Waals surface area (Å²) in [6.07, 6.45) is 3.64. The zero-order valence-corrected chi connectivity index (χ0v) is 18.0. The fraction of sp³-hybridized carbons (Fsp3) is 0.611. The van der Waals surface area contributed by atoms with Crippen LogP contribution in [-0.4, -0.2) is 52.2 Å². The van der Waals surface area contributed by atoms with Crippen LogP contribution in [0, 0.1) is 0 Å². The molecule has 6 heteroatoms. The van der Waals surface area contributed by atoms with Crippen LogP contribution in [0.4, 0.5) is 0 Å². The second-order valence-corrected chi connectivity index (χ2v) is 5.81. The molecule has 0 saturated heterocycles. The van der Waals surface area contributed by atoms with E-state index in [1.54, 1.807) is 7.11 Å². The SMILES string of the molecule is CCCCCNC(=NC)NCC(c1ccccc1OC)N(C)C.I. The zero-order valence-electron chi connectivity index (χ0n) is 15.6. The van der Waals surface area contributed by atoms with Crippen LogP contribution in [0.15, 0.2) is 29.3 Å². The monoisotopic (exact) mass is 448 g/mol. The minimum atomic E-state index is 0. The van der Waals surface area contributed by atoms with Gasteiger partial charge in [0, 0.05) is 25.7 Å². The molecular weight excluding hydrogens is 415 g/mol. The van der Waals surface area contributed by atoms with E-state index in [0.29, 0.717) is 0 Å². The normalized spacial score (nSPS) is 12.5. The first-order valence-electron chi connectivity index (χ1n) is 8.37. The standard InChI is InChI=1S/C18H32N4O.HI/c1-6-7-10-13-20-18(19-2)21-14-16(22(3)4)15-11-8-9-12-17(15)23-5;/h8-9,11-12,16H,6-7,10,13-14H2,1-5H3,(H2,19,20,21);1H. The Kier molecular flexibility index (Phi) is 12.7. The van der Waals surface area contributed by atoms with Crippen molar-refractivity contribution >= 4 is 29.9 Å². The summed E-state index contributed by atoms with van der Waals surface area (Å²) in [7, 11) is 7.68. The molecule has 0 aliphatic rings. The van der Waals surface area contributed by atoms with Crippen molar-refractivity contribution in [1.29, 1.82) is 0 Å². The summed E-state index contributed by atoms with van der Waals surface area (Å²) in [5, 5.41) is 6.79. The number of ether oxygens (including phenoxy) is 1. The maximum Gasteiger partial charge on any atom is 0.191 e. The molecule has 1 aromatic rings. The molecule has 0 saturated carbocycles. The van der Waals surface area contributed by atoms with Gasteiger partial charge < -0.3 is 20.3 Å². The predicted octanol–water partition coefficient (Wildman–Crippen LogP) is 3.27. The molecule has 0 heterocycles. The van der Waals surface area contributed by atoms with Crippen LogP contribution in [0.2, 0.25) is 0 Å². The lowest BCUT2D eigenvalue weighted by molar-refractivity contribution is 0.287. The van der Waals surface area contributed by atoms with E-state index in [-0.39, 0.29) is 30.0 Å². The van der Waals surface area contributed by atoms with Gasteiger partial charge in [0.1, 0.15) is 5.75 Å². The Morgan fingerprint density at radius 2 is 1.92 bits per heavy atom. The summed E-state index contributed by atoms with van der Waals surface area (Å²) in [6.45, 7) is 3.93. The van der Waals surface area contributed by atoms with Crippen LogP contribution in [0.1, 0.15) is 37.8 Å². The Morgan fingerprint density at radius 1 is 1.21 bits per heavy atom. The molecule has 0 bridgehead atoms. The number of halogens is 1. The molecule has 0 radical (unpaired) electrons. The third-order valence-corrected chi connectivity index (χ3v) is 3.88. The highest BCUT2D eigenvalue weighted by Gasteiger charge is 2.18. The Labute approximate surface area is 164 Å². The number of aliphatic imine (C=N–C) groups is 1. The number of benzene rings is 1. The van der Waals surface area contributed by atoms with Crippen molar-refractivity contribution in [3.05, 3.63) is 29.8 Å². The summed E-state index contributed by atoms with van der Waals surface area (Å²) in [6, 6.07) is 8.37. The fourth-order valence-corrected chi connectivity index (χ4v) is 2.51. The second kappa shape index (κ2) is 13.3. The van der Waals surface area contributed by atoms with E-state index in [1.165, 1.54) is 24.8 Å². The molecule has 1 atom stereocenters. The van der Waals surface area contributed by atoms with Crippen LogP contribution >= 0.6 is 24.0 Å². The molecular formula is C18H33IN4O. The smallest absolute Gasteiger partial charge is 0.191 e. The van der Waals surface area contributed by atoms with Crippen molar-refractivity contribution in [1.82, 2.24) is 15.5 Å². The van der Waals surface area contributed by atoms with Crippen molar-refractivity contribution < 1.29 is 4.74 Å². The van der Waals surface area contributed by atoms with Crippen LogP contribution in [0.25, 0.3) is 0 Å². The number of likely N-dealkylation sites (N-methyl/N-ethyl adjacent to an activating group) is 1. The van der Waals surface area contributed by atoms with Crippen LogP contribution in [0.3, 0.4) is 0 Å². The van der Waals surface area contributed by atoms with Gasteiger partial charge in [0.05, 0.1) is 13.2 Å². The van der Waals surface area contributed by atoms with E-state index in [9.17, 15) is 0 Å². The first kappa shape index (κ1) is 23.0. The fourth-order valence-electron chi connectivity index (χ4n) is 2.51. The largest absolute Gasteiger partial charge is 0.496 e. The van der Waals surface area contributed by atoms with E-state index in [4.69, 9.17) is 4.74 Å². The van der Waals surface area contributed by atoms with Gasteiger partial charge in [-0.15, -0.1) is 24.0 Å². The predicted molar refractivity (Wildman–Crippen MR) is 114 cm³/mol. The molecule has 5 nitrogen and oxygen atoms in total. The van der Waals surface area contributed by atoms with Crippen LogP contribution in [-0.2, 0) is 0 Å². The summed E-state index contributed by atoms with van der Waals surface area (Å²) < 4.78 is 5.50. The number of methoxy groups -OCH3 is 1. The van der Waals surface area contributed by atoms with Gasteiger partial charge in [-0.3, -0.25) is 4.99 Å². The van der Waals surface area contributed by atoms with Crippen molar-refractivity contribution in [2.24, 2.45) is 4.99 Å². The second-order valence-electron chi connectivity index (χ2n) is 5.81. The third-order valence-electron chi connectivity index (χ3n) is 3.88. The number of nitrogens with zero attached hydrogens (tertiary/aromatic N) is 2. The Morgan fingerprint density at radius 3 is 2.50 bits per heavy atom. The quantitative estimate of drug-likeness (QED) is 0.264. The number of para-hydroxylation sites is 1. The Balaban J connectivity index is 0.00000529. The Hall–Kier alpha value is -1.02. The molecule has 0 fully saturated rings. The molecule has 0 amide bonds. The minimum Gasteiger partial charge on any atom is -0.496 e. The van der Waals surface area contributed by atoms with Gasteiger partial charge >= 0.3 is 0 Å². The van der Waals surface area contributed by atoms with Gasteiger partial charge in [-0.25, -0.2) is 0 Å². The first-order chi connectivity index (χ1) is 11.1. The van der Waals surface area contributed by atoms with E-state index in [2.05, 4.69) is 47.6 Å². The van der Waals surface area contributed by atoms with Crippen LogP contribution < -0.4 is 15.4 Å². The van der Waals surface area contributed by atoms with Gasteiger partial charge in [-0.2, -0.15) is 0 Å². The van der Waals surface area contributed by atoms with Gasteiger partial charge in [-0.05, 0) is 26.6 Å². The van der Waals surface area contributed by atoms with E-state index in [0.717, 1.165) is 24.8 Å². The molecule has 1 rings (SSSR count). The summed E-state index contributed by atoms with van der Waals surface area (Å²) in [4.78, 5) is 6.49. The highest BCUT2D eigenvalue weighted by molar-refractivity contribution is 14.0. The molecule has 0 aromatic heterocycles. The highest BCUT2D eigenvalue weighted by atomic mass is 127. The molecule has 1 aromatic carbocycles. The maximum atomic E-state index is 5.50. The number of nitrogens with one attached hydrogen (secondary N) is 2. The lowest BCUT2D eigenvalue weighted by Gasteiger charge is -2.27. The molecule has 0 aliphatic carbocycles. The third kappa shape index (κ3) is 7.70. The molecule has 2 N–H and O–H groups in total. The first-order valence-corrected chi connectivity index (χ1v) is 8.37. The van der Waals surface area contributed by atoms with Gasteiger partial charge in [0.2, 0.25) is 0 Å². The van der Waals surface area contributed by atoms with Crippen molar-refractivity contribution in [2.45, 2.75) is 32.2 Å². The van der Waals surface area contributed by atoms with Gasteiger partial charge in [0.25, 0.3) is 0 Å². The molecule has 138 valence electrons. The average molecular weight is 448 g/mol. The Bertz CT molecular complexity index is 480. The zero-order chi connectivity index (χ0) is 17.1. The highest BCUT2D eigenvalue weighted by Crippen LogP contribution is 2.27. The summed E-state index contributed by atoms with van der Waals surface area (Å²) >= 11 is 0. The van der Waals surface area contributed by atoms with Gasteiger partial charge in [-0.1, -0.05) is 38.0 Å². The van der Waals surface area contributed by atoms with Crippen molar-refractivity contribution in [2.75, 3.05) is 41.3 Å². The van der Waals surface area contributed by atoms with Crippen molar-refractivity contribution in [3.8, 4) is 5.75 Å². The number of hydrogen-bond acceptors (Lipinski definition) is 3. The number of unbranched alkanes of at least 4 members (excludes halogenated alkanes) is 2. The summed E-state index contributed by atoms with van der Waals surface area (Å²) in [5.74, 6) is 1.77. The minimum absolute atomic E-state index is 0. The number of hydrogen-bond donors (Lipinski definition) is 2. The topological polar surface area (TPSA) is 48.9 Å². The molecule has 1 unspecified atom stereocenters. The van der Waals surface area contributed by atoms with E-state index >= 15 is 0 Å². The van der Waals surface area contributed by atoms with Gasteiger partial charge in [0.15, 0.2) is 5.96 Å². The number of rotatable bonds is 9. The van der Waals surface area contributed by atoms with E-state index < -0.39 is 0 Å². The average Bonchev–Trinajstić information content (AvgIpc) is 2.57. The molecule has 0 spiro atoms. The molecule has 24 heavy (non-hydrogen) atoms.